The van der Waals surface area contributed by atoms with Crippen LogP contribution in [0.1, 0.15) is 19.8 Å². The maximum absolute atomic E-state index is 12.0. The molecule has 2 fully saturated rings. The van der Waals surface area contributed by atoms with E-state index in [-0.39, 0.29) is 36.5 Å². The minimum Gasteiger partial charge on any atom is -0.381 e. The second kappa shape index (κ2) is 7.16. The molecule has 2 rings (SSSR count). The molecule has 6 heteroatoms. The minimum atomic E-state index is -0.211. The Kier molecular flexibility index (Phi) is 6.19. The second-order valence-corrected chi connectivity index (χ2v) is 4.40. The number of carbonyl (C=O) groups excluding carboxylic acids is 1. The summed E-state index contributed by atoms with van der Waals surface area (Å²) >= 11 is 0. The lowest BCUT2D eigenvalue weighted by molar-refractivity contribution is -0.130. The number of carbonyl (C=O) groups is 1. The highest BCUT2D eigenvalue weighted by Crippen LogP contribution is 2.09. The molecular formula is C11H21ClN2O3. The van der Waals surface area contributed by atoms with Gasteiger partial charge in [-0.05, 0) is 19.8 Å². The van der Waals surface area contributed by atoms with Gasteiger partial charge in [-0.2, -0.15) is 0 Å². The van der Waals surface area contributed by atoms with E-state index in [1.54, 1.807) is 0 Å². The fraction of sp³-hybridized carbons (Fsp3) is 0.909. The molecule has 2 aliphatic rings. The predicted molar refractivity (Wildman–Crippen MR) is 66.4 cm³/mol. The summed E-state index contributed by atoms with van der Waals surface area (Å²) in [5, 5.41) is 6.25. The van der Waals surface area contributed by atoms with Crippen LogP contribution in [-0.4, -0.2) is 50.5 Å². The number of ether oxygens (including phenoxy) is 2. The van der Waals surface area contributed by atoms with E-state index in [9.17, 15) is 4.79 Å². The van der Waals surface area contributed by atoms with E-state index in [1.807, 2.05) is 6.92 Å². The van der Waals surface area contributed by atoms with Crippen LogP contribution in [0.3, 0.4) is 0 Å². The number of amides is 1. The highest BCUT2D eigenvalue weighted by Gasteiger charge is 2.29. The minimum absolute atomic E-state index is 0. The summed E-state index contributed by atoms with van der Waals surface area (Å²) < 4.78 is 10.7. The molecule has 2 atom stereocenters. The molecule has 2 saturated heterocycles. The van der Waals surface area contributed by atoms with Gasteiger partial charge in [0.05, 0.1) is 12.7 Å². The molecule has 0 bridgehead atoms. The highest BCUT2D eigenvalue weighted by molar-refractivity contribution is 5.85. The number of rotatable bonds is 2. The number of halogens is 1. The van der Waals surface area contributed by atoms with Crippen molar-refractivity contribution in [2.45, 2.75) is 38.0 Å². The third-order valence-corrected chi connectivity index (χ3v) is 3.17. The first-order chi connectivity index (χ1) is 7.77. The van der Waals surface area contributed by atoms with Crippen molar-refractivity contribution in [1.82, 2.24) is 10.6 Å². The number of morpholine rings is 1. The van der Waals surface area contributed by atoms with E-state index in [2.05, 4.69) is 10.6 Å². The van der Waals surface area contributed by atoms with Gasteiger partial charge in [0.15, 0.2) is 0 Å². The quantitative estimate of drug-likeness (QED) is 0.742. The third-order valence-electron chi connectivity index (χ3n) is 3.17. The van der Waals surface area contributed by atoms with Crippen molar-refractivity contribution >= 4 is 18.3 Å². The van der Waals surface area contributed by atoms with Crippen molar-refractivity contribution in [1.29, 1.82) is 0 Å². The molecule has 0 spiro atoms. The fourth-order valence-electron chi connectivity index (χ4n) is 2.16. The lowest BCUT2D eigenvalue weighted by Crippen LogP contribution is -2.57. The molecule has 0 saturated carbocycles. The summed E-state index contributed by atoms with van der Waals surface area (Å²) in [6, 6.07) is 0.0498. The molecule has 17 heavy (non-hydrogen) atoms. The van der Waals surface area contributed by atoms with Crippen molar-refractivity contribution in [3.05, 3.63) is 0 Å². The maximum Gasteiger partial charge on any atom is 0.240 e. The lowest BCUT2D eigenvalue weighted by atomic mass is 10.1. The highest BCUT2D eigenvalue weighted by atomic mass is 35.5. The molecule has 100 valence electrons. The van der Waals surface area contributed by atoms with Crippen LogP contribution in [-0.2, 0) is 14.3 Å². The zero-order valence-corrected chi connectivity index (χ0v) is 10.9. The average Bonchev–Trinajstić information content (AvgIpc) is 2.31. The van der Waals surface area contributed by atoms with Gasteiger partial charge in [-0.1, -0.05) is 0 Å². The average molecular weight is 265 g/mol. The predicted octanol–water partition coefficient (Wildman–Crippen LogP) is 0.0803. The van der Waals surface area contributed by atoms with Gasteiger partial charge in [0.25, 0.3) is 0 Å². The number of hydrogen-bond acceptors (Lipinski definition) is 4. The van der Waals surface area contributed by atoms with E-state index in [1.165, 1.54) is 0 Å². The Morgan fingerprint density at radius 1 is 1.29 bits per heavy atom. The molecule has 2 heterocycles. The van der Waals surface area contributed by atoms with Crippen LogP contribution in [0, 0.1) is 0 Å². The van der Waals surface area contributed by atoms with Gasteiger partial charge in [0.2, 0.25) is 5.91 Å². The van der Waals surface area contributed by atoms with Crippen LogP contribution >= 0.6 is 12.4 Å². The molecule has 0 aromatic carbocycles. The first kappa shape index (κ1) is 14.7. The number of hydrogen-bond donors (Lipinski definition) is 2. The zero-order chi connectivity index (χ0) is 11.4. The Labute approximate surface area is 108 Å². The topological polar surface area (TPSA) is 59.6 Å². The number of nitrogens with one attached hydrogen (secondary N) is 2. The van der Waals surface area contributed by atoms with Gasteiger partial charge < -0.3 is 20.1 Å². The Hall–Kier alpha value is -0.360. The second-order valence-electron chi connectivity index (χ2n) is 4.40. The van der Waals surface area contributed by atoms with Crippen molar-refractivity contribution < 1.29 is 14.3 Å². The van der Waals surface area contributed by atoms with E-state index >= 15 is 0 Å². The standard InChI is InChI=1S/C11H20N2O3.ClH/c1-8-10(12-4-7-16-8)11(14)13-9-2-5-15-6-3-9;/h8-10,12H,2-7H2,1H3,(H,13,14);1H/t8-,10+;/m1./s1. The normalized spacial score (nSPS) is 30.4. The fourth-order valence-corrected chi connectivity index (χ4v) is 2.16. The van der Waals surface area contributed by atoms with Crippen molar-refractivity contribution in [2.75, 3.05) is 26.4 Å². The molecule has 0 aromatic heterocycles. The smallest absolute Gasteiger partial charge is 0.240 e. The van der Waals surface area contributed by atoms with Crippen molar-refractivity contribution in [3.63, 3.8) is 0 Å². The van der Waals surface area contributed by atoms with Crippen LogP contribution in [0.4, 0.5) is 0 Å². The Morgan fingerprint density at radius 2 is 2.00 bits per heavy atom. The Bertz CT molecular complexity index is 247. The van der Waals surface area contributed by atoms with Crippen LogP contribution < -0.4 is 10.6 Å². The van der Waals surface area contributed by atoms with Crippen LogP contribution in [0.15, 0.2) is 0 Å². The summed E-state index contributed by atoms with van der Waals surface area (Å²) in [5.74, 6) is 0.0547. The van der Waals surface area contributed by atoms with Crippen LogP contribution in [0.5, 0.6) is 0 Å². The molecular weight excluding hydrogens is 244 g/mol. The van der Waals surface area contributed by atoms with Gasteiger partial charge in [0, 0.05) is 25.8 Å². The zero-order valence-electron chi connectivity index (χ0n) is 10.1. The SMILES string of the molecule is C[C@H]1OCCN[C@@H]1C(=O)NC1CCOCC1.Cl. The third kappa shape index (κ3) is 4.10. The van der Waals surface area contributed by atoms with Gasteiger partial charge in [-0.15, -0.1) is 12.4 Å². The van der Waals surface area contributed by atoms with Crippen LogP contribution in [0.25, 0.3) is 0 Å². The monoisotopic (exact) mass is 264 g/mol. The summed E-state index contributed by atoms with van der Waals surface area (Å²) in [6.07, 6.45) is 1.77. The van der Waals surface area contributed by atoms with E-state index < -0.39 is 0 Å². The Morgan fingerprint density at radius 3 is 2.65 bits per heavy atom. The molecule has 0 aliphatic carbocycles. The largest absolute Gasteiger partial charge is 0.381 e. The molecule has 5 nitrogen and oxygen atoms in total. The van der Waals surface area contributed by atoms with Crippen molar-refractivity contribution in [2.24, 2.45) is 0 Å². The molecule has 0 aromatic rings. The van der Waals surface area contributed by atoms with Gasteiger partial charge >= 0.3 is 0 Å². The first-order valence-electron chi connectivity index (χ1n) is 6.00. The van der Waals surface area contributed by atoms with Crippen molar-refractivity contribution in [3.8, 4) is 0 Å². The summed E-state index contributed by atoms with van der Waals surface area (Å²) in [4.78, 5) is 12.0. The maximum atomic E-state index is 12.0. The molecule has 1 amide bonds. The molecule has 2 aliphatic heterocycles. The van der Waals surface area contributed by atoms with Gasteiger partial charge in [-0.3, -0.25) is 4.79 Å². The van der Waals surface area contributed by atoms with Gasteiger partial charge in [0.1, 0.15) is 6.04 Å². The summed E-state index contributed by atoms with van der Waals surface area (Å²) in [6.45, 7) is 4.85. The van der Waals surface area contributed by atoms with E-state index in [0.717, 1.165) is 32.6 Å². The lowest BCUT2D eigenvalue weighted by Gasteiger charge is -2.31. The summed E-state index contributed by atoms with van der Waals surface area (Å²) in [5.41, 5.74) is 0. The molecule has 0 radical (unpaired) electrons. The van der Waals surface area contributed by atoms with Gasteiger partial charge in [-0.25, -0.2) is 0 Å². The van der Waals surface area contributed by atoms with E-state index in [0.29, 0.717) is 6.61 Å². The Balaban J connectivity index is 0.00000144. The molecule has 0 unspecified atom stereocenters. The molecule has 2 N–H and O–H groups in total. The van der Waals surface area contributed by atoms with E-state index in [4.69, 9.17) is 9.47 Å². The first-order valence-corrected chi connectivity index (χ1v) is 6.00. The summed E-state index contributed by atoms with van der Waals surface area (Å²) in [7, 11) is 0. The van der Waals surface area contributed by atoms with Crippen LogP contribution in [0.2, 0.25) is 0 Å².